The minimum absolute atomic E-state index is 0.101. The molecule has 0 fully saturated rings. The first-order valence-corrected chi connectivity index (χ1v) is 34.0. The molecule has 0 aromatic carbocycles. The highest BCUT2D eigenvalue weighted by Crippen LogP contribution is 2.45. The molecule has 78 heavy (non-hydrogen) atoms. The Morgan fingerprint density at radius 2 is 0.590 bits per heavy atom. The van der Waals surface area contributed by atoms with Crippen LogP contribution < -0.4 is 0 Å². The highest BCUT2D eigenvalue weighted by molar-refractivity contribution is 7.47. The van der Waals surface area contributed by atoms with Crippen molar-refractivity contribution in [1.29, 1.82) is 0 Å². The second-order valence-electron chi connectivity index (χ2n) is 22.3. The number of carbonyl (C=O) groups is 4. The molecule has 17 nitrogen and oxygen atoms in total. The first-order valence-electron chi connectivity index (χ1n) is 31.0. The summed E-state index contributed by atoms with van der Waals surface area (Å²) >= 11 is 0. The molecule has 0 aliphatic heterocycles. The Labute approximate surface area is 473 Å². The largest absolute Gasteiger partial charge is 0.472 e. The molecular formula is C59H114O17P2. The number of aliphatic hydroxyl groups excluding tert-OH is 1. The number of rotatable bonds is 58. The van der Waals surface area contributed by atoms with Crippen molar-refractivity contribution in [2.24, 2.45) is 11.8 Å². The molecule has 5 atom stereocenters. The number of ether oxygens (including phenoxy) is 4. The minimum atomic E-state index is -4.94. The minimum Gasteiger partial charge on any atom is -0.462 e. The summed E-state index contributed by atoms with van der Waals surface area (Å²) in [7, 11) is -9.87. The number of phosphoric acid groups is 2. The Bertz CT molecular complexity index is 1550. The predicted octanol–water partition coefficient (Wildman–Crippen LogP) is 15.7. The fourth-order valence-electron chi connectivity index (χ4n) is 8.65. The summed E-state index contributed by atoms with van der Waals surface area (Å²) in [6.45, 7) is 9.27. The zero-order valence-corrected chi connectivity index (χ0v) is 51.7. The Balaban J connectivity index is 5.22. The molecule has 2 unspecified atom stereocenters. The maximum atomic E-state index is 12.9. The molecule has 0 spiro atoms. The second-order valence-corrected chi connectivity index (χ2v) is 25.2. The van der Waals surface area contributed by atoms with Gasteiger partial charge in [0, 0.05) is 25.7 Å². The monoisotopic (exact) mass is 1160 g/mol. The van der Waals surface area contributed by atoms with Gasteiger partial charge in [-0.1, -0.05) is 234 Å². The fourth-order valence-corrected chi connectivity index (χ4v) is 10.2. The summed E-state index contributed by atoms with van der Waals surface area (Å²) in [4.78, 5) is 71.8. The van der Waals surface area contributed by atoms with Crippen LogP contribution in [0.4, 0.5) is 0 Å². The molecule has 0 radical (unpaired) electrons. The highest BCUT2D eigenvalue weighted by Gasteiger charge is 2.30. The maximum absolute atomic E-state index is 12.9. The number of aliphatic hydroxyl groups is 1. The predicted molar refractivity (Wildman–Crippen MR) is 308 cm³/mol. The van der Waals surface area contributed by atoms with Gasteiger partial charge in [0.05, 0.1) is 26.4 Å². The van der Waals surface area contributed by atoms with Crippen molar-refractivity contribution in [1.82, 2.24) is 0 Å². The lowest BCUT2D eigenvalue weighted by Crippen LogP contribution is -2.30. The van der Waals surface area contributed by atoms with Crippen molar-refractivity contribution in [3.8, 4) is 0 Å². The van der Waals surface area contributed by atoms with Gasteiger partial charge in [0.25, 0.3) is 0 Å². The molecule has 0 saturated heterocycles. The average Bonchev–Trinajstić information content (AvgIpc) is 3.39. The summed E-state index contributed by atoms with van der Waals surface area (Å²) < 4.78 is 67.6. The molecule has 19 heteroatoms. The van der Waals surface area contributed by atoms with Gasteiger partial charge in [-0.2, -0.15) is 0 Å². The van der Waals surface area contributed by atoms with Crippen molar-refractivity contribution < 1.29 is 80.2 Å². The smallest absolute Gasteiger partial charge is 0.462 e. The van der Waals surface area contributed by atoms with E-state index in [1.54, 1.807) is 0 Å². The molecule has 0 aromatic heterocycles. The lowest BCUT2D eigenvalue weighted by molar-refractivity contribution is -0.161. The van der Waals surface area contributed by atoms with Crippen LogP contribution in [0, 0.1) is 11.8 Å². The number of phosphoric ester groups is 2. The van der Waals surface area contributed by atoms with Crippen LogP contribution >= 0.6 is 15.6 Å². The van der Waals surface area contributed by atoms with E-state index in [2.05, 4.69) is 41.5 Å². The molecule has 0 heterocycles. The normalized spacial score (nSPS) is 14.4. The fraction of sp³-hybridized carbons (Fsp3) is 0.932. The van der Waals surface area contributed by atoms with Crippen molar-refractivity contribution in [3.63, 3.8) is 0 Å². The van der Waals surface area contributed by atoms with E-state index in [9.17, 15) is 43.2 Å². The summed E-state index contributed by atoms with van der Waals surface area (Å²) in [5.41, 5.74) is 0. The average molecular weight is 1160 g/mol. The van der Waals surface area contributed by atoms with E-state index in [1.807, 2.05) is 0 Å². The van der Waals surface area contributed by atoms with Crippen LogP contribution in [0.5, 0.6) is 0 Å². The number of hydrogen-bond donors (Lipinski definition) is 3. The van der Waals surface area contributed by atoms with Gasteiger partial charge in [-0.15, -0.1) is 0 Å². The van der Waals surface area contributed by atoms with Crippen LogP contribution in [-0.4, -0.2) is 96.7 Å². The molecule has 0 bridgehead atoms. The van der Waals surface area contributed by atoms with Crippen LogP contribution in [0.3, 0.4) is 0 Å². The van der Waals surface area contributed by atoms with Crippen molar-refractivity contribution in [3.05, 3.63) is 0 Å². The van der Waals surface area contributed by atoms with E-state index >= 15 is 0 Å². The SMILES string of the molecule is CCCCCCCCCCCCCC(=O)OC[C@H](COP(=O)(O)OC[C@@H](O)COP(=O)(O)OC[C@@H](COC(=O)CCCCCCCCC)OC(=O)CCCCCCCCC(C)C)OC(=O)CCCCCCCCCCC(C)C. The Morgan fingerprint density at radius 3 is 0.872 bits per heavy atom. The van der Waals surface area contributed by atoms with Crippen molar-refractivity contribution in [2.75, 3.05) is 39.6 Å². The summed E-state index contributed by atoms with van der Waals surface area (Å²) in [6.07, 6.45) is 32.4. The molecule has 462 valence electrons. The van der Waals surface area contributed by atoms with Gasteiger partial charge in [0.1, 0.15) is 19.3 Å². The summed E-state index contributed by atoms with van der Waals surface area (Å²) in [5, 5.41) is 10.5. The molecule has 0 amide bonds. The van der Waals surface area contributed by atoms with Gasteiger partial charge < -0.3 is 33.8 Å². The third kappa shape index (κ3) is 53.4. The number of carbonyl (C=O) groups excluding carboxylic acids is 4. The standard InChI is InChI=1S/C59H114O17P2/c1-7-9-11-13-15-16-17-18-23-30-36-42-57(62)70-48-54(75-58(63)43-37-31-24-20-19-22-27-33-39-51(3)4)49-73-77(65,66)71-45-53(60)46-72-78(67,68)74-50-55(47-69-56(61)41-35-29-21-14-12-10-8-2)76-59(64)44-38-32-26-25-28-34-40-52(5)6/h51-55,60H,7-50H2,1-6H3,(H,65,66)(H,67,68)/t53-,54-,55-/m1/s1. The van der Waals surface area contributed by atoms with E-state index < -0.39 is 97.5 Å². The van der Waals surface area contributed by atoms with Gasteiger partial charge >= 0.3 is 39.5 Å². The topological polar surface area (TPSA) is 237 Å². The van der Waals surface area contributed by atoms with Gasteiger partial charge in [0.2, 0.25) is 0 Å². The van der Waals surface area contributed by atoms with Gasteiger partial charge in [-0.05, 0) is 37.5 Å². The van der Waals surface area contributed by atoms with E-state index in [1.165, 1.54) is 89.9 Å². The van der Waals surface area contributed by atoms with Crippen LogP contribution in [0.15, 0.2) is 0 Å². The number of esters is 4. The Kier molecular flexibility index (Phi) is 50.6. The zero-order valence-electron chi connectivity index (χ0n) is 50.0. The molecule has 0 rings (SSSR count). The van der Waals surface area contributed by atoms with Gasteiger partial charge in [0.15, 0.2) is 12.2 Å². The lowest BCUT2D eigenvalue weighted by Gasteiger charge is -2.21. The Morgan fingerprint density at radius 1 is 0.346 bits per heavy atom. The van der Waals surface area contributed by atoms with Crippen molar-refractivity contribution >= 4 is 39.5 Å². The molecule has 0 aromatic rings. The van der Waals surface area contributed by atoms with Crippen LogP contribution in [-0.2, 0) is 65.4 Å². The van der Waals surface area contributed by atoms with E-state index in [-0.39, 0.29) is 25.7 Å². The summed E-state index contributed by atoms with van der Waals surface area (Å²) in [6, 6.07) is 0. The molecule has 3 N–H and O–H groups in total. The third-order valence-corrected chi connectivity index (χ3v) is 15.4. The van der Waals surface area contributed by atoms with Crippen LogP contribution in [0.1, 0.15) is 286 Å². The molecule has 0 saturated carbocycles. The van der Waals surface area contributed by atoms with E-state index in [4.69, 9.17) is 37.0 Å². The maximum Gasteiger partial charge on any atom is 0.472 e. The number of hydrogen-bond acceptors (Lipinski definition) is 15. The van der Waals surface area contributed by atoms with E-state index in [0.717, 1.165) is 109 Å². The zero-order chi connectivity index (χ0) is 58.0. The third-order valence-electron chi connectivity index (χ3n) is 13.5. The number of unbranched alkanes of at least 4 members (excludes halogenated alkanes) is 28. The summed E-state index contributed by atoms with van der Waals surface area (Å²) in [5.74, 6) is -0.762. The van der Waals surface area contributed by atoms with Crippen molar-refractivity contribution in [2.45, 2.75) is 304 Å². The quantitative estimate of drug-likeness (QED) is 0.0222. The molecular weight excluding hydrogens is 1040 g/mol. The second kappa shape index (κ2) is 51.9. The molecule has 0 aliphatic carbocycles. The van der Waals surface area contributed by atoms with Gasteiger partial charge in [-0.3, -0.25) is 37.3 Å². The van der Waals surface area contributed by atoms with Crippen LogP contribution in [0.2, 0.25) is 0 Å². The Hall–Kier alpha value is -1.94. The van der Waals surface area contributed by atoms with Gasteiger partial charge in [-0.25, -0.2) is 9.13 Å². The lowest BCUT2D eigenvalue weighted by atomic mass is 10.0. The van der Waals surface area contributed by atoms with Crippen LogP contribution in [0.25, 0.3) is 0 Å². The first-order chi connectivity index (χ1) is 37.4. The first kappa shape index (κ1) is 76.1. The van der Waals surface area contributed by atoms with E-state index in [0.29, 0.717) is 31.6 Å². The molecule has 0 aliphatic rings. The highest BCUT2D eigenvalue weighted by atomic mass is 31.2.